The molecule has 0 aromatic heterocycles. The molecule has 0 spiro atoms. The maximum atomic E-state index is 10.9. The summed E-state index contributed by atoms with van der Waals surface area (Å²) in [6.07, 6.45) is 4.62. The topological polar surface area (TPSA) is 40.5 Å². The number of rotatable bonds is 5. The standard InChI is InChI=1S/C11H21NO2/c1-3-11(4-2,9-10(13)14)12-7-5-6-8-12/h3-9H2,1-2H3,(H,13,14). The molecule has 1 rings (SSSR count). The average molecular weight is 199 g/mol. The summed E-state index contributed by atoms with van der Waals surface area (Å²) in [6.45, 7) is 6.36. The van der Waals surface area contributed by atoms with Crippen LogP contribution in [-0.2, 0) is 4.79 Å². The van der Waals surface area contributed by atoms with Crippen molar-refractivity contribution in [3.63, 3.8) is 0 Å². The SMILES string of the molecule is CCC(CC)(CC(=O)O)N1CCCC1. The molecular weight excluding hydrogens is 178 g/mol. The lowest BCUT2D eigenvalue weighted by Crippen LogP contribution is -2.47. The van der Waals surface area contributed by atoms with Crippen molar-refractivity contribution in [2.24, 2.45) is 0 Å². The zero-order valence-electron chi connectivity index (χ0n) is 9.25. The Morgan fingerprint density at radius 1 is 1.29 bits per heavy atom. The summed E-state index contributed by atoms with van der Waals surface area (Å²) in [4.78, 5) is 13.2. The molecule has 3 heteroatoms. The second-order valence-electron chi connectivity index (χ2n) is 4.20. The Labute approximate surface area is 86.1 Å². The highest BCUT2D eigenvalue weighted by Crippen LogP contribution is 2.31. The van der Waals surface area contributed by atoms with Gasteiger partial charge in [0.1, 0.15) is 0 Å². The van der Waals surface area contributed by atoms with Crippen molar-refractivity contribution in [1.82, 2.24) is 4.90 Å². The van der Waals surface area contributed by atoms with E-state index < -0.39 is 5.97 Å². The Balaban J connectivity index is 2.72. The van der Waals surface area contributed by atoms with E-state index in [0.29, 0.717) is 6.42 Å². The third kappa shape index (κ3) is 2.27. The Morgan fingerprint density at radius 2 is 1.79 bits per heavy atom. The quantitative estimate of drug-likeness (QED) is 0.737. The second kappa shape index (κ2) is 4.78. The summed E-state index contributed by atoms with van der Waals surface area (Å²) >= 11 is 0. The lowest BCUT2D eigenvalue weighted by atomic mass is 9.87. The molecule has 0 bridgehead atoms. The van der Waals surface area contributed by atoms with Crippen LogP contribution in [0.3, 0.4) is 0 Å². The van der Waals surface area contributed by atoms with E-state index in [1.807, 2.05) is 0 Å². The number of nitrogens with zero attached hydrogens (tertiary/aromatic N) is 1. The minimum Gasteiger partial charge on any atom is -0.481 e. The molecule has 1 heterocycles. The number of aliphatic carboxylic acids is 1. The van der Waals surface area contributed by atoms with Crippen LogP contribution in [0.4, 0.5) is 0 Å². The van der Waals surface area contributed by atoms with Crippen molar-refractivity contribution in [3.8, 4) is 0 Å². The zero-order valence-corrected chi connectivity index (χ0v) is 9.25. The highest BCUT2D eigenvalue weighted by molar-refractivity contribution is 5.68. The molecule has 0 aliphatic carbocycles. The molecule has 3 nitrogen and oxygen atoms in total. The van der Waals surface area contributed by atoms with Crippen molar-refractivity contribution in [3.05, 3.63) is 0 Å². The molecule has 1 N–H and O–H groups in total. The fourth-order valence-electron chi connectivity index (χ4n) is 2.53. The third-order valence-corrected chi connectivity index (χ3v) is 3.57. The zero-order chi connectivity index (χ0) is 10.6. The van der Waals surface area contributed by atoms with Gasteiger partial charge in [0, 0.05) is 5.54 Å². The summed E-state index contributed by atoms with van der Waals surface area (Å²) in [6, 6.07) is 0. The van der Waals surface area contributed by atoms with E-state index in [9.17, 15) is 4.79 Å². The van der Waals surface area contributed by atoms with Gasteiger partial charge in [-0.25, -0.2) is 0 Å². The highest BCUT2D eigenvalue weighted by Gasteiger charge is 2.36. The van der Waals surface area contributed by atoms with Crippen LogP contribution in [0.2, 0.25) is 0 Å². The Hall–Kier alpha value is -0.570. The molecular formula is C11H21NO2. The van der Waals surface area contributed by atoms with Gasteiger partial charge in [-0.1, -0.05) is 13.8 Å². The number of hydrogen-bond donors (Lipinski definition) is 1. The molecule has 14 heavy (non-hydrogen) atoms. The fraction of sp³-hybridized carbons (Fsp3) is 0.909. The van der Waals surface area contributed by atoms with Crippen LogP contribution in [0.1, 0.15) is 46.0 Å². The van der Waals surface area contributed by atoms with Gasteiger partial charge in [-0.05, 0) is 38.8 Å². The number of likely N-dealkylation sites (tertiary alicyclic amines) is 1. The van der Waals surface area contributed by atoms with E-state index in [-0.39, 0.29) is 5.54 Å². The van der Waals surface area contributed by atoms with E-state index in [1.54, 1.807) is 0 Å². The van der Waals surface area contributed by atoms with E-state index in [2.05, 4.69) is 18.7 Å². The normalized spacial score (nSPS) is 18.7. The predicted molar refractivity (Wildman–Crippen MR) is 56.4 cm³/mol. The first-order valence-electron chi connectivity index (χ1n) is 5.61. The highest BCUT2D eigenvalue weighted by atomic mass is 16.4. The maximum Gasteiger partial charge on any atom is 0.305 e. The summed E-state index contributed by atoms with van der Waals surface area (Å²) < 4.78 is 0. The number of hydrogen-bond acceptors (Lipinski definition) is 2. The second-order valence-corrected chi connectivity index (χ2v) is 4.20. The van der Waals surface area contributed by atoms with Gasteiger partial charge in [0.25, 0.3) is 0 Å². The molecule has 0 aromatic rings. The van der Waals surface area contributed by atoms with Crippen LogP contribution in [0, 0.1) is 0 Å². The predicted octanol–water partition coefficient (Wildman–Crippen LogP) is 2.12. The molecule has 0 saturated carbocycles. The van der Waals surface area contributed by atoms with Gasteiger partial charge in [-0.2, -0.15) is 0 Å². The van der Waals surface area contributed by atoms with Gasteiger partial charge < -0.3 is 5.11 Å². The molecule has 1 aliphatic rings. The van der Waals surface area contributed by atoms with E-state index in [0.717, 1.165) is 25.9 Å². The minimum absolute atomic E-state index is 0.0810. The van der Waals surface area contributed by atoms with Gasteiger partial charge in [0.2, 0.25) is 0 Å². The van der Waals surface area contributed by atoms with Crippen molar-refractivity contribution < 1.29 is 9.90 Å². The molecule has 1 fully saturated rings. The largest absolute Gasteiger partial charge is 0.481 e. The third-order valence-electron chi connectivity index (χ3n) is 3.57. The van der Waals surface area contributed by atoms with Gasteiger partial charge in [0.05, 0.1) is 6.42 Å². The smallest absolute Gasteiger partial charge is 0.305 e. The average Bonchev–Trinajstić information content (AvgIpc) is 2.67. The van der Waals surface area contributed by atoms with Crippen LogP contribution in [0.5, 0.6) is 0 Å². The fourth-order valence-corrected chi connectivity index (χ4v) is 2.53. The molecule has 0 atom stereocenters. The summed E-state index contributed by atoms with van der Waals surface area (Å²) in [5.41, 5.74) is -0.0810. The molecule has 0 radical (unpaired) electrons. The van der Waals surface area contributed by atoms with Gasteiger partial charge in [0.15, 0.2) is 0 Å². The molecule has 1 aliphatic heterocycles. The molecule has 0 unspecified atom stereocenters. The van der Waals surface area contributed by atoms with Crippen molar-refractivity contribution >= 4 is 5.97 Å². The lowest BCUT2D eigenvalue weighted by Gasteiger charge is -2.39. The van der Waals surface area contributed by atoms with Crippen molar-refractivity contribution in [2.75, 3.05) is 13.1 Å². The Bertz CT molecular complexity index is 193. The van der Waals surface area contributed by atoms with Crippen LogP contribution in [-0.4, -0.2) is 34.6 Å². The Morgan fingerprint density at radius 3 is 2.14 bits per heavy atom. The summed E-state index contributed by atoms with van der Waals surface area (Å²) in [5, 5.41) is 8.94. The Kier molecular flexibility index (Phi) is 3.93. The van der Waals surface area contributed by atoms with Gasteiger partial charge >= 0.3 is 5.97 Å². The van der Waals surface area contributed by atoms with Crippen LogP contribution < -0.4 is 0 Å². The van der Waals surface area contributed by atoms with Gasteiger partial charge in [-0.3, -0.25) is 9.69 Å². The molecule has 0 amide bonds. The van der Waals surface area contributed by atoms with E-state index >= 15 is 0 Å². The number of carboxylic acids is 1. The summed E-state index contributed by atoms with van der Waals surface area (Å²) in [5.74, 6) is -0.666. The van der Waals surface area contributed by atoms with E-state index in [4.69, 9.17) is 5.11 Å². The number of carboxylic acid groups (broad SMARTS) is 1. The maximum absolute atomic E-state index is 10.9. The van der Waals surface area contributed by atoms with Crippen molar-refractivity contribution in [1.29, 1.82) is 0 Å². The first-order chi connectivity index (χ1) is 6.64. The van der Waals surface area contributed by atoms with Gasteiger partial charge in [-0.15, -0.1) is 0 Å². The monoisotopic (exact) mass is 199 g/mol. The first-order valence-corrected chi connectivity index (χ1v) is 5.61. The van der Waals surface area contributed by atoms with Crippen LogP contribution in [0.15, 0.2) is 0 Å². The molecule has 1 saturated heterocycles. The van der Waals surface area contributed by atoms with Crippen LogP contribution >= 0.6 is 0 Å². The first kappa shape index (κ1) is 11.5. The summed E-state index contributed by atoms with van der Waals surface area (Å²) in [7, 11) is 0. The van der Waals surface area contributed by atoms with Crippen molar-refractivity contribution in [2.45, 2.75) is 51.5 Å². The minimum atomic E-state index is -0.666. The number of carbonyl (C=O) groups is 1. The lowest BCUT2D eigenvalue weighted by molar-refractivity contribution is -0.140. The molecule has 82 valence electrons. The van der Waals surface area contributed by atoms with E-state index in [1.165, 1.54) is 12.8 Å². The van der Waals surface area contributed by atoms with Crippen LogP contribution in [0.25, 0.3) is 0 Å². The molecule has 0 aromatic carbocycles.